The van der Waals surface area contributed by atoms with Crippen molar-refractivity contribution in [3.8, 4) is 0 Å². The average molecular weight is 296 g/mol. The molecule has 1 aromatic carbocycles. The highest BCUT2D eigenvalue weighted by Gasteiger charge is 2.39. The van der Waals surface area contributed by atoms with Crippen LogP contribution in [0, 0.1) is 5.92 Å². The van der Waals surface area contributed by atoms with Crippen molar-refractivity contribution in [1.82, 2.24) is 5.32 Å². The van der Waals surface area contributed by atoms with E-state index in [2.05, 4.69) is 5.32 Å². The number of carboxylic acid groups (broad SMARTS) is 1. The van der Waals surface area contributed by atoms with Gasteiger partial charge in [0.15, 0.2) is 0 Å². The van der Waals surface area contributed by atoms with Gasteiger partial charge in [-0.25, -0.2) is 0 Å². The molecule has 0 unspecified atom stereocenters. The molecule has 1 aliphatic rings. The van der Waals surface area contributed by atoms with Gasteiger partial charge < -0.3 is 10.4 Å². The second-order valence-electron chi connectivity index (χ2n) is 5.78. The number of aliphatic carboxylic acids is 1. The molecule has 2 N–H and O–H groups in total. The van der Waals surface area contributed by atoms with Crippen LogP contribution in [-0.2, 0) is 15.0 Å². The highest BCUT2D eigenvalue weighted by molar-refractivity contribution is 6.31. The zero-order valence-corrected chi connectivity index (χ0v) is 12.3. The van der Waals surface area contributed by atoms with Crippen molar-refractivity contribution in [2.75, 3.05) is 0 Å². The summed E-state index contributed by atoms with van der Waals surface area (Å²) >= 11 is 6.14. The Hall–Kier alpha value is -1.55. The third-order valence-electron chi connectivity index (χ3n) is 3.94. The van der Waals surface area contributed by atoms with E-state index in [-0.39, 0.29) is 17.9 Å². The Morgan fingerprint density at radius 3 is 2.45 bits per heavy atom. The van der Waals surface area contributed by atoms with Gasteiger partial charge in [-0.2, -0.15) is 0 Å². The maximum absolute atomic E-state index is 12.4. The van der Waals surface area contributed by atoms with E-state index in [1.807, 2.05) is 32.0 Å². The lowest BCUT2D eigenvalue weighted by atomic mass is 9.78. The first kappa shape index (κ1) is 14.9. The van der Waals surface area contributed by atoms with Crippen molar-refractivity contribution in [3.05, 3.63) is 34.9 Å². The fourth-order valence-corrected chi connectivity index (χ4v) is 2.77. The molecular weight excluding hydrogens is 278 g/mol. The van der Waals surface area contributed by atoms with E-state index in [0.717, 1.165) is 5.56 Å². The van der Waals surface area contributed by atoms with E-state index >= 15 is 0 Å². The third kappa shape index (κ3) is 2.80. The van der Waals surface area contributed by atoms with Crippen LogP contribution in [0.4, 0.5) is 0 Å². The van der Waals surface area contributed by atoms with Gasteiger partial charge >= 0.3 is 5.97 Å². The Bertz CT molecular complexity index is 536. The van der Waals surface area contributed by atoms with Gasteiger partial charge in [-0.15, -0.1) is 0 Å². The van der Waals surface area contributed by atoms with Gasteiger partial charge in [0.05, 0.1) is 11.3 Å². The zero-order valence-electron chi connectivity index (χ0n) is 11.5. The summed E-state index contributed by atoms with van der Waals surface area (Å²) in [5.74, 6) is -1.25. The van der Waals surface area contributed by atoms with Crippen LogP contribution in [0.5, 0.6) is 0 Å². The molecule has 108 valence electrons. The van der Waals surface area contributed by atoms with Crippen molar-refractivity contribution in [2.24, 2.45) is 5.92 Å². The maximum Gasteiger partial charge on any atom is 0.306 e. The van der Waals surface area contributed by atoms with Crippen molar-refractivity contribution in [3.63, 3.8) is 0 Å². The highest BCUT2D eigenvalue weighted by Crippen LogP contribution is 2.32. The molecule has 1 aliphatic carbocycles. The van der Waals surface area contributed by atoms with E-state index in [0.29, 0.717) is 17.9 Å². The number of hydrogen-bond donors (Lipinski definition) is 2. The minimum atomic E-state index is -0.791. The number of carbonyl (C=O) groups excluding carboxylic acids is 1. The van der Waals surface area contributed by atoms with Crippen LogP contribution in [0.3, 0.4) is 0 Å². The molecule has 0 aliphatic heterocycles. The summed E-state index contributed by atoms with van der Waals surface area (Å²) < 4.78 is 0. The number of halogens is 1. The second-order valence-corrected chi connectivity index (χ2v) is 6.19. The summed E-state index contributed by atoms with van der Waals surface area (Å²) in [7, 11) is 0. The number of carboxylic acids is 1. The lowest BCUT2D eigenvalue weighted by Gasteiger charge is -2.36. The average Bonchev–Trinajstić information content (AvgIpc) is 2.32. The van der Waals surface area contributed by atoms with Gasteiger partial charge in [-0.3, -0.25) is 9.59 Å². The second kappa shape index (κ2) is 5.44. The third-order valence-corrected chi connectivity index (χ3v) is 4.27. The fraction of sp³-hybridized carbons (Fsp3) is 0.467. The minimum Gasteiger partial charge on any atom is -0.481 e. The van der Waals surface area contributed by atoms with E-state index in [1.54, 1.807) is 6.07 Å². The number of carbonyl (C=O) groups is 2. The van der Waals surface area contributed by atoms with Crippen LogP contribution in [0.1, 0.15) is 32.3 Å². The standard InChI is InChI=1S/C15H18ClNO3/c1-15(2,11-5-3-4-6-12(11)16)14(20)17-10-7-9(8-10)13(18)19/h3-6,9-10H,7-8H2,1-2H3,(H,17,20)(H,18,19). The topological polar surface area (TPSA) is 66.4 Å². The van der Waals surface area contributed by atoms with Gasteiger partial charge in [0.2, 0.25) is 5.91 Å². The summed E-state index contributed by atoms with van der Waals surface area (Å²) in [6.07, 6.45) is 0.999. The Balaban J connectivity index is 2.02. The summed E-state index contributed by atoms with van der Waals surface area (Å²) in [4.78, 5) is 23.1. The lowest BCUT2D eigenvalue weighted by molar-refractivity contribution is -0.146. The first-order chi connectivity index (χ1) is 9.32. The zero-order chi connectivity index (χ0) is 14.9. The molecule has 0 heterocycles. The monoisotopic (exact) mass is 295 g/mol. The molecule has 2 rings (SSSR count). The fourth-order valence-electron chi connectivity index (χ4n) is 2.39. The summed E-state index contributed by atoms with van der Waals surface area (Å²) in [6.45, 7) is 3.63. The normalized spacial score (nSPS) is 21.9. The molecular formula is C15H18ClNO3. The minimum absolute atomic E-state index is 0.0506. The van der Waals surface area contributed by atoms with Gasteiger partial charge in [-0.05, 0) is 38.3 Å². The van der Waals surface area contributed by atoms with E-state index in [9.17, 15) is 9.59 Å². The van der Waals surface area contributed by atoms with Crippen molar-refractivity contribution in [2.45, 2.75) is 38.1 Å². The van der Waals surface area contributed by atoms with Crippen LogP contribution < -0.4 is 5.32 Å². The molecule has 4 nitrogen and oxygen atoms in total. The molecule has 0 bridgehead atoms. The molecule has 0 radical (unpaired) electrons. The maximum atomic E-state index is 12.4. The largest absolute Gasteiger partial charge is 0.481 e. The summed E-state index contributed by atoms with van der Waals surface area (Å²) in [5.41, 5.74) is 0.0282. The SMILES string of the molecule is CC(C)(C(=O)NC1CC(C(=O)O)C1)c1ccccc1Cl. The predicted molar refractivity (Wildman–Crippen MR) is 76.8 cm³/mol. The Morgan fingerprint density at radius 2 is 1.90 bits per heavy atom. The summed E-state index contributed by atoms with van der Waals surface area (Å²) in [5, 5.41) is 12.3. The molecule has 1 saturated carbocycles. The molecule has 0 saturated heterocycles. The van der Waals surface area contributed by atoms with Crippen molar-refractivity contribution >= 4 is 23.5 Å². The van der Waals surface area contributed by atoms with Gasteiger partial charge in [0.25, 0.3) is 0 Å². The van der Waals surface area contributed by atoms with Crippen molar-refractivity contribution < 1.29 is 14.7 Å². The van der Waals surface area contributed by atoms with Crippen LogP contribution in [0.25, 0.3) is 0 Å². The molecule has 1 fully saturated rings. The molecule has 20 heavy (non-hydrogen) atoms. The van der Waals surface area contributed by atoms with Crippen LogP contribution in [0.15, 0.2) is 24.3 Å². The van der Waals surface area contributed by atoms with Crippen molar-refractivity contribution in [1.29, 1.82) is 0 Å². The Kier molecular flexibility index (Phi) is 4.04. The first-order valence-corrected chi connectivity index (χ1v) is 6.99. The van der Waals surface area contributed by atoms with Crippen LogP contribution >= 0.6 is 11.6 Å². The predicted octanol–water partition coefficient (Wildman–Crippen LogP) is 2.60. The molecule has 0 aromatic heterocycles. The molecule has 1 aromatic rings. The number of amides is 1. The Morgan fingerprint density at radius 1 is 1.30 bits per heavy atom. The lowest BCUT2D eigenvalue weighted by Crippen LogP contribution is -2.51. The summed E-state index contributed by atoms with van der Waals surface area (Å²) in [6, 6.07) is 7.22. The molecule has 1 amide bonds. The van der Waals surface area contributed by atoms with Crippen LogP contribution in [-0.4, -0.2) is 23.0 Å². The highest BCUT2D eigenvalue weighted by atomic mass is 35.5. The quantitative estimate of drug-likeness (QED) is 0.897. The first-order valence-electron chi connectivity index (χ1n) is 6.61. The van der Waals surface area contributed by atoms with E-state index in [1.165, 1.54) is 0 Å². The Labute approximate surface area is 123 Å². The number of rotatable bonds is 4. The number of nitrogens with one attached hydrogen (secondary N) is 1. The molecule has 0 atom stereocenters. The van der Waals surface area contributed by atoms with Gasteiger partial charge in [0.1, 0.15) is 0 Å². The van der Waals surface area contributed by atoms with Gasteiger partial charge in [-0.1, -0.05) is 29.8 Å². The molecule has 0 spiro atoms. The van der Waals surface area contributed by atoms with Crippen LogP contribution in [0.2, 0.25) is 5.02 Å². The smallest absolute Gasteiger partial charge is 0.306 e. The number of benzene rings is 1. The van der Waals surface area contributed by atoms with Gasteiger partial charge in [0, 0.05) is 11.1 Å². The van der Waals surface area contributed by atoms with E-state index < -0.39 is 11.4 Å². The van der Waals surface area contributed by atoms with E-state index in [4.69, 9.17) is 16.7 Å². The molecule has 5 heteroatoms. The number of hydrogen-bond acceptors (Lipinski definition) is 2.